The van der Waals surface area contributed by atoms with Crippen LogP contribution < -0.4 is 5.32 Å². The van der Waals surface area contributed by atoms with Crippen molar-refractivity contribution in [3.8, 4) is 10.6 Å². The van der Waals surface area contributed by atoms with E-state index in [2.05, 4.69) is 32.5 Å². The van der Waals surface area contributed by atoms with Crippen LogP contribution in [0.4, 0.5) is 0 Å². The molecule has 0 aliphatic carbocycles. The maximum atomic E-state index is 4.97. The molecule has 2 rings (SSSR count). The van der Waals surface area contributed by atoms with Gasteiger partial charge < -0.3 is 10.1 Å². The maximum Gasteiger partial charge on any atom is 0.124 e. The molecule has 0 aromatic carbocycles. The molecule has 0 amide bonds. The fourth-order valence-electron chi connectivity index (χ4n) is 1.46. The van der Waals surface area contributed by atoms with Crippen LogP contribution in [0.15, 0.2) is 22.2 Å². The van der Waals surface area contributed by atoms with Crippen molar-refractivity contribution in [2.24, 2.45) is 0 Å². The van der Waals surface area contributed by atoms with Crippen LogP contribution in [0, 0.1) is 0 Å². The van der Waals surface area contributed by atoms with Gasteiger partial charge in [0.2, 0.25) is 0 Å². The third-order valence-electron chi connectivity index (χ3n) is 2.36. The highest BCUT2D eigenvalue weighted by Gasteiger charge is 2.04. The highest BCUT2D eigenvalue weighted by atomic mass is 32.1. The molecule has 0 aliphatic rings. The number of aromatic nitrogens is 1. The predicted octanol–water partition coefficient (Wildman–Crippen LogP) is 2.65. The van der Waals surface area contributed by atoms with E-state index < -0.39 is 0 Å². The summed E-state index contributed by atoms with van der Waals surface area (Å²) in [6.07, 6.45) is 0.977. The minimum Gasteiger partial charge on any atom is -0.383 e. The molecule has 0 fully saturated rings. The van der Waals surface area contributed by atoms with E-state index in [-0.39, 0.29) is 0 Å². The first-order valence-corrected chi connectivity index (χ1v) is 7.39. The second-order valence-corrected chi connectivity index (χ2v) is 5.29. The van der Waals surface area contributed by atoms with E-state index in [1.807, 2.05) is 0 Å². The lowest BCUT2D eigenvalue weighted by molar-refractivity contribution is 0.199. The summed E-state index contributed by atoms with van der Waals surface area (Å²) in [7, 11) is 1.72. The van der Waals surface area contributed by atoms with Gasteiger partial charge in [-0.1, -0.05) is 0 Å². The molecular formula is C12H16N2OS2. The Balaban J connectivity index is 1.79. The van der Waals surface area contributed by atoms with Gasteiger partial charge in [0.1, 0.15) is 5.01 Å². The molecule has 0 unspecified atom stereocenters. The Morgan fingerprint density at radius 3 is 3.06 bits per heavy atom. The molecule has 0 bridgehead atoms. The number of thiazole rings is 1. The van der Waals surface area contributed by atoms with E-state index >= 15 is 0 Å². The van der Waals surface area contributed by atoms with E-state index in [0.29, 0.717) is 0 Å². The van der Waals surface area contributed by atoms with Crippen molar-refractivity contribution in [3.05, 3.63) is 27.9 Å². The summed E-state index contributed by atoms with van der Waals surface area (Å²) >= 11 is 3.43. The summed E-state index contributed by atoms with van der Waals surface area (Å²) in [4.78, 5) is 4.62. The van der Waals surface area contributed by atoms with Crippen LogP contribution in [-0.4, -0.2) is 31.8 Å². The van der Waals surface area contributed by atoms with Gasteiger partial charge in [0.05, 0.1) is 12.3 Å². The van der Waals surface area contributed by atoms with Crippen LogP contribution in [0.3, 0.4) is 0 Å². The number of ether oxygens (including phenoxy) is 1. The van der Waals surface area contributed by atoms with Crippen molar-refractivity contribution in [1.29, 1.82) is 0 Å². The SMILES string of the molecule is COCCNCCc1csc(-c2ccsc2)n1. The van der Waals surface area contributed by atoms with Gasteiger partial charge in [-0.25, -0.2) is 4.98 Å². The molecule has 0 atom stereocenters. The molecule has 2 aromatic rings. The number of thiophene rings is 1. The van der Waals surface area contributed by atoms with Gasteiger partial charge in [-0.3, -0.25) is 0 Å². The number of hydrogen-bond donors (Lipinski definition) is 1. The van der Waals surface area contributed by atoms with E-state index in [0.717, 1.165) is 31.1 Å². The van der Waals surface area contributed by atoms with Gasteiger partial charge in [0.15, 0.2) is 0 Å². The molecule has 0 saturated heterocycles. The topological polar surface area (TPSA) is 34.1 Å². The van der Waals surface area contributed by atoms with Crippen LogP contribution >= 0.6 is 22.7 Å². The van der Waals surface area contributed by atoms with Crippen molar-refractivity contribution >= 4 is 22.7 Å². The Bertz CT molecular complexity index is 425. The second kappa shape index (κ2) is 6.86. The third kappa shape index (κ3) is 3.89. The second-order valence-electron chi connectivity index (χ2n) is 3.65. The molecule has 2 heterocycles. The Morgan fingerprint density at radius 1 is 1.35 bits per heavy atom. The number of nitrogens with zero attached hydrogens (tertiary/aromatic N) is 1. The van der Waals surface area contributed by atoms with Gasteiger partial charge in [0, 0.05) is 42.9 Å². The van der Waals surface area contributed by atoms with Gasteiger partial charge in [-0.15, -0.1) is 11.3 Å². The fraction of sp³-hybridized carbons (Fsp3) is 0.417. The highest BCUT2D eigenvalue weighted by Crippen LogP contribution is 2.25. The monoisotopic (exact) mass is 268 g/mol. The van der Waals surface area contributed by atoms with Crippen molar-refractivity contribution in [3.63, 3.8) is 0 Å². The lowest BCUT2D eigenvalue weighted by Gasteiger charge is -2.01. The van der Waals surface area contributed by atoms with Gasteiger partial charge >= 0.3 is 0 Å². The summed E-state index contributed by atoms with van der Waals surface area (Å²) in [5.74, 6) is 0. The first kappa shape index (κ1) is 12.7. The standard InChI is InChI=1S/C12H16N2OS2/c1-15-6-5-13-4-2-11-9-17-12(14-11)10-3-7-16-8-10/h3,7-9,13H,2,4-6H2,1H3. The van der Waals surface area contributed by atoms with Crippen LogP contribution in [0.5, 0.6) is 0 Å². The van der Waals surface area contributed by atoms with E-state index in [4.69, 9.17) is 4.74 Å². The molecular weight excluding hydrogens is 252 g/mol. The highest BCUT2D eigenvalue weighted by molar-refractivity contribution is 7.14. The number of methoxy groups -OCH3 is 1. The summed E-state index contributed by atoms with van der Waals surface area (Å²) in [5.41, 5.74) is 2.40. The zero-order valence-corrected chi connectivity index (χ0v) is 11.4. The summed E-state index contributed by atoms with van der Waals surface area (Å²) < 4.78 is 4.97. The summed E-state index contributed by atoms with van der Waals surface area (Å²) in [5, 5.41) is 10.8. The summed E-state index contributed by atoms with van der Waals surface area (Å²) in [6, 6.07) is 2.12. The van der Waals surface area contributed by atoms with E-state index in [9.17, 15) is 0 Å². The average Bonchev–Trinajstić information content (AvgIpc) is 2.99. The van der Waals surface area contributed by atoms with Crippen molar-refractivity contribution in [2.75, 3.05) is 26.8 Å². The zero-order chi connectivity index (χ0) is 11.9. The minimum absolute atomic E-state index is 0.761. The Hall–Kier alpha value is -0.750. The van der Waals surface area contributed by atoms with Crippen molar-refractivity contribution in [1.82, 2.24) is 10.3 Å². The first-order chi connectivity index (χ1) is 8.40. The van der Waals surface area contributed by atoms with Crippen LogP contribution in [0.1, 0.15) is 5.69 Å². The van der Waals surface area contributed by atoms with Crippen LogP contribution in [0.25, 0.3) is 10.6 Å². The molecule has 2 aromatic heterocycles. The van der Waals surface area contributed by atoms with Gasteiger partial charge in [-0.2, -0.15) is 11.3 Å². The third-order valence-corrected chi connectivity index (χ3v) is 3.98. The lowest BCUT2D eigenvalue weighted by atomic mass is 10.3. The molecule has 1 N–H and O–H groups in total. The van der Waals surface area contributed by atoms with E-state index in [1.54, 1.807) is 29.8 Å². The first-order valence-electron chi connectivity index (χ1n) is 5.57. The van der Waals surface area contributed by atoms with Crippen LogP contribution in [-0.2, 0) is 11.2 Å². The molecule has 0 radical (unpaired) electrons. The van der Waals surface area contributed by atoms with Crippen LogP contribution in [0.2, 0.25) is 0 Å². The molecule has 3 nitrogen and oxygen atoms in total. The molecule has 0 spiro atoms. The number of rotatable bonds is 7. The number of hydrogen-bond acceptors (Lipinski definition) is 5. The molecule has 0 saturated carbocycles. The number of nitrogens with one attached hydrogen (secondary N) is 1. The zero-order valence-electron chi connectivity index (χ0n) is 9.81. The molecule has 5 heteroatoms. The Labute approximate surface area is 109 Å². The minimum atomic E-state index is 0.761. The smallest absolute Gasteiger partial charge is 0.124 e. The molecule has 0 aliphatic heterocycles. The van der Waals surface area contributed by atoms with E-state index in [1.165, 1.54) is 11.3 Å². The van der Waals surface area contributed by atoms with Gasteiger partial charge in [0.25, 0.3) is 0 Å². The lowest BCUT2D eigenvalue weighted by Crippen LogP contribution is -2.21. The quantitative estimate of drug-likeness (QED) is 0.784. The largest absolute Gasteiger partial charge is 0.383 e. The fourth-order valence-corrected chi connectivity index (χ4v) is 3.02. The van der Waals surface area contributed by atoms with Crippen molar-refractivity contribution < 1.29 is 4.74 Å². The Kier molecular flexibility index (Phi) is 5.12. The Morgan fingerprint density at radius 2 is 2.29 bits per heavy atom. The average molecular weight is 268 g/mol. The van der Waals surface area contributed by atoms with Crippen molar-refractivity contribution in [2.45, 2.75) is 6.42 Å². The molecule has 17 heavy (non-hydrogen) atoms. The summed E-state index contributed by atoms with van der Waals surface area (Å²) in [6.45, 7) is 2.62. The normalized spacial score (nSPS) is 10.9. The predicted molar refractivity (Wildman–Crippen MR) is 73.9 cm³/mol. The maximum absolute atomic E-state index is 4.97. The van der Waals surface area contributed by atoms with Gasteiger partial charge in [-0.05, 0) is 11.4 Å². The molecule has 92 valence electrons.